The Morgan fingerprint density at radius 1 is 1.30 bits per heavy atom. The summed E-state index contributed by atoms with van der Waals surface area (Å²) in [7, 11) is 0. The average Bonchev–Trinajstić information content (AvgIpc) is 2.38. The van der Waals surface area contributed by atoms with Gasteiger partial charge in [-0.1, -0.05) is 24.3 Å². The maximum absolute atomic E-state index is 12.0. The summed E-state index contributed by atoms with van der Waals surface area (Å²) in [6, 6.07) is 13.6. The van der Waals surface area contributed by atoms with Crippen LogP contribution in [0.5, 0.6) is 0 Å². The van der Waals surface area contributed by atoms with Crippen LogP contribution in [0.2, 0.25) is 0 Å². The van der Waals surface area contributed by atoms with Crippen LogP contribution in [0.15, 0.2) is 42.5 Å². The molecule has 2 N–H and O–H groups in total. The minimum absolute atomic E-state index is 0.301. The number of anilines is 1. The first-order chi connectivity index (χ1) is 9.63. The molecule has 0 radical (unpaired) electrons. The fourth-order valence-corrected chi connectivity index (χ4v) is 2.70. The van der Waals surface area contributed by atoms with Gasteiger partial charge in [-0.2, -0.15) is 0 Å². The Morgan fingerprint density at radius 3 is 2.85 bits per heavy atom. The number of hydrogen-bond donors (Lipinski definition) is 1. The Bertz CT molecular complexity index is 644. The number of fused-ring (bicyclic) bond motifs is 1. The number of aryl methyl sites for hydroxylation is 1. The summed E-state index contributed by atoms with van der Waals surface area (Å²) in [6.45, 7) is 2.35. The lowest BCUT2D eigenvalue weighted by atomic mass is 9.78. The summed E-state index contributed by atoms with van der Waals surface area (Å²) in [4.78, 5) is 12.0. The van der Waals surface area contributed by atoms with Gasteiger partial charge in [-0.25, -0.2) is 4.79 Å². The van der Waals surface area contributed by atoms with E-state index in [4.69, 9.17) is 10.5 Å². The van der Waals surface area contributed by atoms with Crippen LogP contribution >= 0.6 is 0 Å². The van der Waals surface area contributed by atoms with Crippen LogP contribution in [0.1, 0.15) is 33.0 Å². The molecule has 0 aliphatic heterocycles. The molecule has 1 atom stereocenters. The lowest BCUT2D eigenvalue weighted by Crippen LogP contribution is -2.23. The number of ether oxygens (including phenoxy) is 1. The maximum Gasteiger partial charge on any atom is 0.338 e. The minimum Gasteiger partial charge on any atom is -0.461 e. The number of esters is 1. The molecule has 0 bridgehead atoms. The van der Waals surface area contributed by atoms with Crippen molar-refractivity contribution in [1.29, 1.82) is 0 Å². The number of carbonyl (C=O) groups is 1. The van der Waals surface area contributed by atoms with Crippen LogP contribution in [0, 0.1) is 6.92 Å². The molecule has 102 valence electrons. The van der Waals surface area contributed by atoms with Gasteiger partial charge in [0.2, 0.25) is 0 Å². The highest BCUT2D eigenvalue weighted by Crippen LogP contribution is 2.34. The molecule has 0 fully saturated rings. The Kier molecular flexibility index (Phi) is 3.18. The molecule has 3 heteroatoms. The quantitative estimate of drug-likeness (QED) is 0.687. The molecular formula is C17H17NO2. The van der Waals surface area contributed by atoms with Crippen LogP contribution < -0.4 is 5.73 Å². The van der Waals surface area contributed by atoms with Gasteiger partial charge in [0, 0.05) is 11.6 Å². The van der Waals surface area contributed by atoms with E-state index in [0.717, 1.165) is 12.0 Å². The smallest absolute Gasteiger partial charge is 0.338 e. The Hall–Kier alpha value is -2.29. The summed E-state index contributed by atoms with van der Waals surface area (Å²) in [6.07, 6.45) is 0.986. The zero-order valence-corrected chi connectivity index (χ0v) is 11.4. The summed E-state index contributed by atoms with van der Waals surface area (Å²) < 4.78 is 5.40. The molecule has 0 aromatic heterocycles. The van der Waals surface area contributed by atoms with Gasteiger partial charge >= 0.3 is 5.97 Å². The van der Waals surface area contributed by atoms with Gasteiger partial charge in [-0.3, -0.25) is 0 Å². The average molecular weight is 267 g/mol. The molecule has 0 amide bonds. The SMILES string of the molecule is Cc1cc(N)cc(C(=O)OCC2Cc3ccccc32)c1. The Labute approximate surface area is 118 Å². The summed E-state index contributed by atoms with van der Waals surface area (Å²) in [5.41, 5.74) is 10.5. The Morgan fingerprint density at radius 2 is 2.10 bits per heavy atom. The second kappa shape index (κ2) is 5.00. The highest BCUT2D eigenvalue weighted by molar-refractivity contribution is 5.90. The fraction of sp³-hybridized carbons (Fsp3) is 0.235. The van der Waals surface area contributed by atoms with Crippen molar-refractivity contribution in [3.8, 4) is 0 Å². The van der Waals surface area contributed by atoms with Crippen molar-refractivity contribution in [3.63, 3.8) is 0 Å². The van der Waals surface area contributed by atoms with Crippen molar-refractivity contribution in [2.45, 2.75) is 19.3 Å². The largest absolute Gasteiger partial charge is 0.461 e. The molecule has 0 saturated heterocycles. The monoisotopic (exact) mass is 267 g/mol. The van der Waals surface area contributed by atoms with E-state index in [2.05, 4.69) is 12.1 Å². The molecule has 3 nitrogen and oxygen atoms in total. The fourth-order valence-electron chi connectivity index (χ4n) is 2.70. The normalized spacial score (nSPS) is 16.1. The third-order valence-electron chi connectivity index (χ3n) is 3.71. The summed E-state index contributed by atoms with van der Waals surface area (Å²) in [5, 5.41) is 0. The van der Waals surface area contributed by atoms with Gasteiger partial charge < -0.3 is 10.5 Å². The first kappa shape index (κ1) is 12.7. The van der Waals surface area contributed by atoms with Crippen molar-refractivity contribution in [2.24, 2.45) is 0 Å². The maximum atomic E-state index is 12.0. The van der Waals surface area contributed by atoms with Crippen LogP contribution in [-0.2, 0) is 11.2 Å². The summed E-state index contributed by atoms with van der Waals surface area (Å²) in [5.74, 6) is 0.0297. The molecule has 2 aromatic carbocycles. The van der Waals surface area contributed by atoms with E-state index in [-0.39, 0.29) is 5.97 Å². The Balaban J connectivity index is 1.64. The van der Waals surface area contributed by atoms with E-state index in [1.54, 1.807) is 12.1 Å². The molecule has 2 aromatic rings. The third kappa shape index (κ3) is 2.39. The summed E-state index contributed by atoms with van der Waals surface area (Å²) >= 11 is 0. The van der Waals surface area contributed by atoms with E-state index < -0.39 is 0 Å². The number of rotatable bonds is 3. The van der Waals surface area contributed by atoms with Gasteiger partial charge in [-0.05, 0) is 48.2 Å². The van der Waals surface area contributed by atoms with E-state index >= 15 is 0 Å². The molecule has 0 heterocycles. The van der Waals surface area contributed by atoms with Crippen molar-refractivity contribution in [2.75, 3.05) is 12.3 Å². The lowest BCUT2D eigenvalue weighted by molar-refractivity contribution is 0.0469. The zero-order valence-electron chi connectivity index (χ0n) is 11.4. The number of carbonyl (C=O) groups excluding carboxylic acids is 1. The van der Waals surface area contributed by atoms with E-state index in [1.807, 2.05) is 25.1 Å². The second-order valence-electron chi connectivity index (χ2n) is 5.33. The predicted molar refractivity (Wildman–Crippen MR) is 78.8 cm³/mol. The first-order valence-electron chi connectivity index (χ1n) is 6.75. The van der Waals surface area contributed by atoms with Gasteiger partial charge in [0.15, 0.2) is 0 Å². The van der Waals surface area contributed by atoms with Crippen LogP contribution in [0.3, 0.4) is 0 Å². The van der Waals surface area contributed by atoms with Gasteiger partial charge in [0.1, 0.15) is 0 Å². The number of nitrogen functional groups attached to an aromatic ring is 1. The zero-order chi connectivity index (χ0) is 14.1. The van der Waals surface area contributed by atoms with Gasteiger partial charge in [-0.15, -0.1) is 0 Å². The topological polar surface area (TPSA) is 52.3 Å². The van der Waals surface area contributed by atoms with E-state index in [9.17, 15) is 4.79 Å². The molecule has 1 aliphatic carbocycles. The van der Waals surface area contributed by atoms with Crippen molar-refractivity contribution in [3.05, 3.63) is 64.7 Å². The predicted octanol–water partition coefficient (Wildman–Crippen LogP) is 3.07. The molecular weight excluding hydrogens is 250 g/mol. The molecule has 3 rings (SSSR count). The van der Waals surface area contributed by atoms with Crippen LogP contribution in [-0.4, -0.2) is 12.6 Å². The molecule has 0 spiro atoms. The number of hydrogen-bond acceptors (Lipinski definition) is 3. The van der Waals surface area contributed by atoms with Crippen molar-refractivity contribution >= 4 is 11.7 Å². The first-order valence-corrected chi connectivity index (χ1v) is 6.75. The third-order valence-corrected chi connectivity index (χ3v) is 3.71. The molecule has 1 aliphatic rings. The molecule has 0 saturated carbocycles. The number of nitrogens with two attached hydrogens (primary N) is 1. The second-order valence-corrected chi connectivity index (χ2v) is 5.33. The van der Waals surface area contributed by atoms with E-state index in [1.165, 1.54) is 11.1 Å². The van der Waals surface area contributed by atoms with Crippen molar-refractivity contribution in [1.82, 2.24) is 0 Å². The highest BCUT2D eigenvalue weighted by atomic mass is 16.5. The van der Waals surface area contributed by atoms with Crippen molar-refractivity contribution < 1.29 is 9.53 Å². The van der Waals surface area contributed by atoms with Crippen LogP contribution in [0.25, 0.3) is 0 Å². The molecule has 1 unspecified atom stereocenters. The lowest BCUT2D eigenvalue weighted by Gasteiger charge is -2.29. The minimum atomic E-state index is -0.301. The van der Waals surface area contributed by atoms with Gasteiger partial charge in [0.05, 0.1) is 12.2 Å². The van der Waals surface area contributed by atoms with Crippen LogP contribution in [0.4, 0.5) is 5.69 Å². The van der Waals surface area contributed by atoms with Gasteiger partial charge in [0.25, 0.3) is 0 Å². The number of benzene rings is 2. The highest BCUT2D eigenvalue weighted by Gasteiger charge is 2.26. The molecule has 20 heavy (non-hydrogen) atoms. The van der Waals surface area contributed by atoms with E-state index in [0.29, 0.717) is 23.8 Å². The standard InChI is InChI=1S/C17H17NO2/c1-11-6-13(9-15(18)7-11)17(19)20-10-14-8-12-4-2-3-5-16(12)14/h2-7,9,14H,8,10,18H2,1H3.